The van der Waals surface area contributed by atoms with E-state index in [2.05, 4.69) is 22.9 Å². The highest BCUT2D eigenvalue weighted by Gasteiger charge is 2.29. The van der Waals surface area contributed by atoms with Gasteiger partial charge in [0, 0.05) is 30.9 Å². The molecular weight excluding hydrogens is 208 g/mol. The topological polar surface area (TPSA) is 16.1 Å². The van der Waals surface area contributed by atoms with Crippen LogP contribution in [0.2, 0.25) is 0 Å². The van der Waals surface area contributed by atoms with Gasteiger partial charge in [-0.1, -0.05) is 13.0 Å². The van der Waals surface area contributed by atoms with Crippen molar-refractivity contribution in [2.75, 3.05) is 12.4 Å². The van der Waals surface area contributed by atoms with E-state index in [1.54, 1.807) is 0 Å². The van der Waals surface area contributed by atoms with Gasteiger partial charge >= 0.3 is 0 Å². The Labute approximate surface area is 96.3 Å². The molecule has 0 aliphatic carbocycles. The van der Waals surface area contributed by atoms with Crippen molar-refractivity contribution in [1.82, 2.24) is 9.88 Å². The average molecular weight is 225 g/mol. The fourth-order valence-electron chi connectivity index (χ4n) is 2.26. The molecular formula is C12H17ClN2. The minimum atomic E-state index is 0.534. The summed E-state index contributed by atoms with van der Waals surface area (Å²) < 4.78 is 0. The number of hydrogen-bond acceptors (Lipinski definition) is 2. The number of likely N-dealkylation sites (tertiary alicyclic amines) is 1. The van der Waals surface area contributed by atoms with Crippen LogP contribution in [0.4, 0.5) is 0 Å². The lowest BCUT2D eigenvalue weighted by atomic mass is 10.0. The van der Waals surface area contributed by atoms with E-state index in [1.807, 2.05) is 18.5 Å². The quantitative estimate of drug-likeness (QED) is 0.734. The maximum atomic E-state index is 6.01. The van der Waals surface area contributed by atoms with Crippen LogP contribution in [0.3, 0.4) is 0 Å². The molecule has 2 rings (SSSR count). The molecule has 2 unspecified atom stereocenters. The average Bonchev–Trinajstić information content (AvgIpc) is 2.61. The highest BCUT2D eigenvalue weighted by Crippen LogP contribution is 2.26. The monoisotopic (exact) mass is 224 g/mol. The van der Waals surface area contributed by atoms with Crippen LogP contribution in [-0.4, -0.2) is 28.4 Å². The number of halogens is 1. The van der Waals surface area contributed by atoms with Crippen molar-refractivity contribution in [3.8, 4) is 0 Å². The van der Waals surface area contributed by atoms with Crippen molar-refractivity contribution in [2.45, 2.75) is 25.9 Å². The summed E-state index contributed by atoms with van der Waals surface area (Å²) in [6, 6.07) is 4.65. The third-order valence-corrected chi connectivity index (χ3v) is 3.58. The first-order valence-electron chi connectivity index (χ1n) is 5.50. The molecule has 0 bridgehead atoms. The summed E-state index contributed by atoms with van der Waals surface area (Å²) in [5.41, 5.74) is 1.28. The molecule has 1 aliphatic rings. The van der Waals surface area contributed by atoms with Crippen LogP contribution in [0.25, 0.3) is 0 Å². The summed E-state index contributed by atoms with van der Waals surface area (Å²) in [7, 11) is 0. The summed E-state index contributed by atoms with van der Waals surface area (Å²) in [6.45, 7) is 4.43. The maximum absolute atomic E-state index is 6.01. The molecule has 0 amide bonds. The van der Waals surface area contributed by atoms with Crippen molar-refractivity contribution in [3.63, 3.8) is 0 Å². The van der Waals surface area contributed by atoms with E-state index < -0.39 is 0 Å². The largest absolute Gasteiger partial charge is 0.295 e. The Hall–Kier alpha value is -0.600. The zero-order chi connectivity index (χ0) is 10.7. The van der Waals surface area contributed by atoms with Gasteiger partial charge in [0.05, 0.1) is 0 Å². The zero-order valence-electron chi connectivity index (χ0n) is 9.06. The predicted octanol–water partition coefficient (Wildman–Crippen LogP) is 2.53. The van der Waals surface area contributed by atoms with Gasteiger partial charge in [-0.25, -0.2) is 0 Å². The molecule has 0 aromatic carbocycles. The Balaban J connectivity index is 2.00. The number of rotatable bonds is 3. The van der Waals surface area contributed by atoms with Crippen molar-refractivity contribution < 1.29 is 0 Å². The summed E-state index contributed by atoms with van der Waals surface area (Å²) >= 11 is 6.01. The minimum absolute atomic E-state index is 0.534. The predicted molar refractivity (Wildman–Crippen MR) is 62.9 cm³/mol. The van der Waals surface area contributed by atoms with Crippen LogP contribution in [-0.2, 0) is 6.54 Å². The second-order valence-corrected chi connectivity index (χ2v) is 4.63. The summed E-state index contributed by atoms with van der Waals surface area (Å²) in [4.78, 5) is 6.60. The molecule has 1 saturated heterocycles. The van der Waals surface area contributed by atoms with Gasteiger partial charge in [-0.15, -0.1) is 11.6 Å². The van der Waals surface area contributed by atoms with Crippen LogP contribution in [0.15, 0.2) is 24.5 Å². The number of pyridine rings is 1. The fraction of sp³-hybridized carbons (Fsp3) is 0.583. The molecule has 3 heteroatoms. The van der Waals surface area contributed by atoms with Crippen molar-refractivity contribution in [2.24, 2.45) is 5.92 Å². The van der Waals surface area contributed by atoms with E-state index in [-0.39, 0.29) is 0 Å². The molecule has 2 atom stereocenters. The highest BCUT2D eigenvalue weighted by molar-refractivity contribution is 6.18. The SMILES string of the molecule is CC1CCN(Cc2cccnc2)C1CCl. The molecule has 2 heterocycles. The smallest absolute Gasteiger partial charge is 0.0382 e. The minimum Gasteiger partial charge on any atom is -0.295 e. The summed E-state index contributed by atoms with van der Waals surface area (Å²) in [5, 5.41) is 0. The number of alkyl halides is 1. The Morgan fingerprint density at radius 3 is 3.13 bits per heavy atom. The van der Waals surface area contributed by atoms with E-state index in [4.69, 9.17) is 11.6 Å². The van der Waals surface area contributed by atoms with Gasteiger partial charge in [-0.3, -0.25) is 9.88 Å². The van der Waals surface area contributed by atoms with Crippen LogP contribution in [0, 0.1) is 5.92 Å². The van der Waals surface area contributed by atoms with E-state index >= 15 is 0 Å². The van der Waals surface area contributed by atoms with Crippen LogP contribution < -0.4 is 0 Å². The van der Waals surface area contributed by atoms with E-state index in [0.29, 0.717) is 6.04 Å². The Bertz CT molecular complexity index is 302. The second-order valence-electron chi connectivity index (χ2n) is 4.32. The molecule has 1 fully saturated rings. The van der Waals surface area contributed by atoms with Crippen LogP contribution in [0.5, 0.6) is 0 Å². The Morgan fingerprint density at radius 1 is 1.60 bits per heavy atom. The molecule has 0 spiro atoms. The van der Waals surface area contributed by atoms with Gasteiger partial charge in [-0.05, 0) is 30.5 Å². The van der Waals surface area contributed by atoms with Crippen molar-refractivity contribution in [3.05, 3.63) is 30.1 Å². The van der Waals surface area contributed by atoms with E-state index in [1.165, 1.54) is 12.0 Å². The molecule has 82 valence electrons. The molecule has 0 saturated carbocycles. The first-order valence-corrected chi connectivity index (χ1v) is 6.03. The van der Waals surface area contributed by atoms with Gasteiger partial charge in [0.15, 0.2) is 0 Å². The van der Waals surface area contributed by atoms with Gasteiger partial charge in [0.2, 0.25) is 0 Å². The molecule has 15 heavy (non-hydrogen) atoms. The third kappa shape index (κ3) is 2.50. The Kier molecular flexibility index (Phi) is 3.60. The number of nitrogens with zero attached hydrogens (tertiary/aromatic N) is 2. The highest BCUT2D eigenvalue weighted by atomic mass is 35.5. The molecule has 2 nitrogen and oxygen atoms in total. The zero-order valence-corrected chi connectivity index (χ0v) is 9.82. The number of hydrogen-bond donors (Lipinski definition) is 0. The molecule has 1 aliphatic heterocycles. The number of aromatic nitrogens is 1. The fourth-order valence-corrected chi connectivity index (χ4v) is 2.76. The van der Waals surface area contributed by atoms with Gasteiger partial charge in [0.25, 0.3) is 0 Å². The van der Waals surface area contributed by atoms with Crippen LogP contribution in [0.1, 0.15) is 18.9 Å². The van der Waals surface area contributed by atoms with Crippen molar-refractivity contribution >= 4 is 11.6 Å². The third-order valence-electron chi connectivity index (χ3n) is 3.26. The lowest BCUT2D eigenvalue weighted by Gasteiger charge is -2.24. The molecule has 0 N–H and O–H groups in total. The van der Waals surface area contributed by atoms with Crippen LogP contribution >= 0.6 is 11.6 Å². The van der Waals surface area contributed by atoms with Crippen molar-refractivity contribution in [1.29, 1.82) is 0 Å². The molecule has 1 aromatic heterocycles. The lowest BCUT2D eigenvalue weighted by molar-refractivity contribution is 0.242. The molecule has 0 radical (unpaired) electrons. The molecule has 1 aromatic rings. The van der Waals surface area contributed by atoms with Gasteiger partial charge < -0.3 is 0 Å². The second kappa shape index (κ2) is 4.95. The Morgan fingerprint density at radius 2 is 2.47 bits per heavy atom. The van der Waals surface area contributed by atoms with E-state index in [9.17, 15) is 0 Å². The standard InChI is InChI=1S/C12H17ClN2/c1-10-4-6-15(12(10)7-13)9-11-3-2-5-14-8-11/h2-3,5,8,10,12H,4,6-7,9H2,1H3. The van der Waals surface area contributed by atoms with Gasteiger partial charge in [0.1, 0.15) is 0 Å². The van der Waals surface area contributed by atoms with Gasteiger partial charge in [-0.2, -0.15) is 0 Å². The summed E-state index contributed by atoms with van der Waals surface area (Å²) in [6.07, 6.45) is 5.01. The lowest BCUT2D eigenvalue weighted by Crippen LogP contribution is -2.33. The first-order chi connectivity index (χ1) is 7.31. The van der Waals surface area contributed by atoms with E-state index in [0.717, 1.165) is 24.9 Å². The maximum Gasteiger partial charge on any atom is 0.0382 e. The normalized spacial score (nSPS) is 27.1. The first kappa shape index (κ1) is 10.9. The summed E-state index contributed by atoms with van der Waals surface area (Å²) in [5.74, 6) is 1.46.